The maximum atomic E-state index is 13.9. The molecule has 0 aliphatic heterocycles. The summed E-state index contributed by atoms with van der Waals surface area (Å²) < 4.78 is 12.0. The van der Waals surface area contributed by atoms with Crippen LogP contribution in [0.25, 0.3) is 15.9 Å². The smallest absolute Gasteiger partial charge is 0.267 e. The van der Waals surface area contributed by atoms with Crippen LogP contribution in [-0.4, -0.2) is 33.5 Å². The second-order valence-corrected chi connectivity index (χ2v) is 10.2. The number of aromatic nitrogens is 3. The van der Waals surface area contributed by atoms with Crippen LogP contribution in [-0.2, 0) is 17.6 Å². The Bertz CT molecular complexity index is 1420. The highest BCUT2D eigenvalue weighted by Crippen LogP contribution is 2.35. The predicted octanol–water partition coefficient (Wildman–Crippen LogP) is 4.75. The molecule has 5 rings (SSSR count). The number of hydrogen-bond donors (Lipinski definition) is 1. The van der Waals surface area contributed by atoms with Crippen molar-refractivity contribution in [1.82, 2.24) is 14.7 Å². The average molecular weight is 497 g/mol. The highest BCUT2D eigenvalue weighted by Gasteiger charge is 2.23. The van der Waals surface area contributed by atoms with Crippen LogP contribution in [0.3, 0.4) is 0 Å². The Labute approximate surface area is 204 Å². The van der Waals surface area contributed by atoms with Crippen molar-refractivity contribution in [2.75, 3.05) is 18.2 Å². The van der Waals surface area contributed by atoms with E-state index >= 15 is 0 Å². The standard InChI is InChI=1S/C24H24N4O4S2/c1-14-11-20(32-27-14)25-19(29)13-33-24-26-22-21(17-9-4-3-5-10-18(17)34-22)23(30)28(24)15-7-6-8-16(12-15)31-2/h6-8,11-12H,3-5,9-10,13H2,1-2H3,(H,25,29). The molecule has 0 spiro atoms. The molecule has 1 aliphatic rings. The molecule has 1 aromatic carbocycles. The van der Waals surface area contributed by atoms with Crippen LogP contribution >= 0.6 is 23.1 Å². The van der Waals surface area contributed by atoms with Gasteiger partial charge in [0.25, 0.3) is 5.56 Å². The minimum atomic E-state index is -0.269. The molecule has 0 fully saturated rings. The van der Waals surface area contributed by atoms with Gasteiger partial charge in [0.15, 0.2) is 5.16 Å². The fourth-order valence-electron chi connectivity index (χ4n) is 4.16. The molecule has 0 saturated carbocycles. The molecule has 3 aromatic heterocycles. The molecule has 10 heteroatoms. The van der Waals surface area contributed by atoms with Gasteiger partial charge in [-0.2, -0.15) is 0 Å². The number of nitrogens with one attached hydrogen (secondary N) is 1. The number of nitrogens with zero attached hydrogens (tertiary/aromatic N) is 3. The van der Waals surface area contributed by atoms with Gasteiger partial charge >= 0.3 is 0 Å². The molecular formula is C24H24N4O4S2. The topological polar surface area (TPSA) is 99.2 Å². The van der Waals surface area contributed by atoms with E-state index in [1.54, 1.807) is 42.1 Å². The maximum absolute atomic E-state index is 13.9. The number of ether oxygens (including phenoxy) is 1. The van der Waals surface area contributed by atoms with Gasteiger partial charge in [0.05, 0.1) is 29.6 Å². The van der Waals surface area contributed by atoms with Gasteiger partial charge in [0, 0.05) is 17.0 Å². The summed E-state index contributed by atoms with van der Waals surface area (Å²) in [4.78, 5) is 33.3. The van der Waals surface area contributed by atoms with Gasteiger partial charge in [-0.3, -0.25) is 19.5 Å². The molecule has 1 N–H and O–H groups in total. The van der Waals surface area contributed by atoms with Gasteiger partial charge in [-0.15, -0.1) is 11.3 Å². The first kappa shape index (κ1) is 22.7. The summed E-state index contributed by atoms with van der Waals surface area (Å²) in [6, 6.07) is 8.98. The van der Waals surface area contributed by atoms with E-state index in [4.69, 9.17) is 14.2 Å². The van der Waals surface area contributed by atoms with Crippen molar-refractivity contribution in [2.24, 2.45) is 0 Å². The Morgan fingerprint density at radius 2 is 2.12 bits per heavy atom. The van der Waals surface area contributed by atoms with E-state index in [0.29, 0.717) is 33.6 Å². The van der Waals surface area contributed by atoms with Gasteiger partial charge in [-0.1, -0.05) is 29.4 Å². The fourth-order valence-corrected chi connectivity index (χ4v) is 6.28. The summed E-state index contributed by atoms with van der Waals surface area (Å²) >= 11 is 2.82. The zero-order chi connectivity index (χ0) is 23.7. The third kappa shape index (κ3) is 4.47. The summed E-state index contributed by atoms with van der Waals surface area (Å²) in [6.45, 7) is 1.78. The van der Waals surface area contributed by atoms with Gasteiger partial charge < -0.3 is 9.26 Å². The van der Waals surface area contributed by atoms with Crippen molar-refractivity contribution in [3.05, 3.63) is 56.8 Å². The summed E-state index contributed by atoms with van der Waals surface area (Å²) in [5.41, 5.74) is 2.37. The van der Waals surface area contributed by atoms with E-state index in [0.717, 1.165) is 36.1 Å². The number of hydrogen-bond acceptors (Lipinski definition) is 8. The second kappa shape index (κ2) is 9.63. The monoisotopic (exact) mass is 496 g/mol. The largest absolute Gasteiger partial charge is 0.497 e. The Balaban J connectivity index is 1.56. The van der Waals surface area contributed by atoms with Crippen LogP contribution in [0, 0.1) is 6.92 Å². The maximum Gasteiger partial charge on any atom is 0.267 e. The molecule has 1 aliphatic carbocycles. The lowest BCUT2D eigenvalue weighted by atomic mass is 10.1. The summed E-state index contributed by atoms with van der Waals surface area (Å²) in [6.07, 6.45) is 5.27. The van der Waals surface area contributed by atoms with Crippen LogP contribution in [0.4, 0.5) is 5.88 Å². The molecule has 4 aromatic rings. The van der Waals surface area contributed by atoms with Crippen LogP contribution in [0.5, 0.6) is 5.75 Å². The van der Waals surface area contributed by atoms with Gasteiger partial charge in [-0.05, 0) is 50.3 Å². The van der Waals surface area contributed by atoms with E-state index < -0.39 is 0 Å². The molecule has 34 heavy (non-hydrogen) atoms. The minimum absolute atomic E-state index is 0.0623. The van der Waals surface area contributed by atoms with Crippen molar-refractivity contribution in [3.8, 4) is 11.4 Å². The molecule has 3 heterocycles. The first-order valence-corrected chi connectivity index (χ1v) is 12.9. The Hall–Kier alpha value is -3.11. The Kier molecular flexibility index (Phi) is 6.42. The van der Waals surface area contributed by atoms with Crippen molar-refractivity contribution in [1.29, 1.82) is 0 Å². The summed E-state index contributed by atoms with van der Waals surface area (Å²) in [7, 11) is 1.59. The lowest BCUT2D eigenvalue weighted by Crippen LogP contribution is -2.23. The number of carbonyl (C=O) groups excluding carboxylic acids is 1. The lowest BCUT2D eigenvalue weighted by Gasteiger charge is -2.13. The van der Waals surface area contributed by atoms with Gasteiger partial charge in [0.1, 0.15) is 10.6 Å². The van der Waals surface area contributed by atoms with Gasteiger partial charge in [-0.25, -0.2) is 4.98 Å². The number of methoxy groups -OCH3 is 1. The van der Waals surface area contributed by atoms with E-state index in [9.17, 15) is 9.59 Å². The average Bonchev–Trinajstić information content (AvgIpc) is 3.32. The van der Waals surface area contributed by atoms with Crippen LogP contribution < -0.4 is 15.6 Å². The first-order valence-electron chi connectivity index (χ1n) is 11.1. The number of thioether (sulfide) groups is 1. The number of rotatable bonds is 6. The molecule has 176 valence electrons. The first-order chi connectivity index (χ1) is 16.5. The van der Waals surface area contributed by atoms with Crippen molar-refractivity contribution < 1.29 is 14.1 Å². The normalized spacial score (nSPS) is 13.5. The number of benzene rings is 1. The minimum Gasteiger partial charge on any atom is -0.497 e. The number of amides is 1. The number of fused-ring (bicyclic) bond motifs is 3. The molecule has 1 amide bonds. The summed E-state index contributed by atoms with van der Waals surface area (Å²) in [5.74, 6) is 0.726. The van der Waals surface area contributed by atoms with Gasteiger partial charge in [0.2, 0.25) is 11.8 Å². The van der Waals surface area contributed by atoms with Crippen LogP contribution in [0.15, 0.2) is 44.8 Å². The zero-order valence-electron chi connectivity index (χ0n) is 18.9. The Morgan fingerprint density at radius 1 is 1.26 bits per heavy atom. The summed E-state index contributed by atoms with van der Waals surface area (Å²) in [5, 5.41) is 7.63. The van der Waals surface area contributed by atoms with Crippen LogP contribution in [0.1, 0.15) is 35.4 Å². The lowest BCUT2D eigenvalue weighted by molar-refractivity contribution is -0.113. The molecule has 0 radical (unpaired) electrons. The SMILES string of the molecule is COc1cccc(-n2c(SCC(=O)Nc3cc(C)no3)nc3sc4c(c3c2=O)CCCCC4)c1. The molecule has 0 unspecified atom stereocenters. The van der Waals surface area contributed by atoms with E-state index in [1.807, 2.05) is 18.2 Å². The predicted molar refractivity (Wildman–Crippen MR) is 134 cm³/mol. The highest BCUT2D eigenvalue weighted by molar-refractivity contribution is 7.99. The molecule has 8 nitrogen and oxygen atoms in total. The van der Waals surface area contributed by atoms with Crippen molar-refractivity contribution >= 4 is 45.1 Å². The molecule has 0 atom stereocenters. The van der Waals surface area contributed by atoms with E-state index in [1.165, 1.54) is 23.1 Å². The molecular weight excluding hydrogens is 472 g/mol. The molecule has 0 saturated heterocycles. The highest BCUT2D eigenvalue weighted by atomic mass is 32.2. The van der Waals surface area contributed by atoms with Crippen molar-refractivity contribution in [3.63, 3.8) is 0 Å². The third-order valence-corrected chi connectivity index (χ3v) is 7.87. The zero-order valence-corrected chi connectivity index (χ0v) is 20.6. The molecule has 0 bridgehead atoms. The Morgan fingerprint density at radius 3 is 2.91 bits per heavy atom. The van der Waals surface area contributed by atoms with Crippen molar-refractivity contribution in [2.45, 2.75) is 44.2 Å². The number of carbonyl (C=O) groups is 1. The van der Waals surface area contributed by atoms with Crippen LogP contribution in [0.2, 0.25) is 0 Å². The second-order valence-electron chi connectivity index (χ2n) is 8.15. The number of anilines is 1. The third-order valence-electron chi connectivity index (χ3n) is 5.74. The number of aryl methyl sites for hydroxylation is 3. The number of thiophene rings is 1. The van der Waals surface area contributed by atoms with E-state index in [-0.39, 0.29) is 17.2 Å². The van der Waals surface area contributed by atoms with E-state index in [2.05, 4.69) is 10.5 Å². The fraction of sp³-hybridized carbons (Fsp3) is 0.333. The quantitative estimate of drug-likeness (QED) is 0.234.